The maximum absolute atomic E-state index is 12.8. The van der Waals surface area contributed by atoms with Gasteiger partial charge in [0.1, 0.15) is 13.5 Å². The summed E-state index contributed by atoms with van der Waals surface area (Å²) in [5, 5.41) is 0. The third-order valence-electron chi connectivity index (χ3n) is 5.94. The number of aryl methyl sites for hydroxylation is 2. The zero-order valence-electron chi connectivity index (χ0n) is 17.0. The number of rotatable bonds is 11. The van der Waals surface area contributed by atoms with E-state index in [9.17, 15) is 4.79 Å². The van der Waals surface area contributed by atoms with E-state index in [1.165, 1.54) is 36.8 Å². The fourth-order valence-electron chi connectivity index (χ4n) is 3.95. The summed E-state index contributed by atoms with van der Waals surface area (Å²) in [7, 11) is 3.15. The first kappa shape index (κ1) is 20.2. The van der Waals surface area contributed by atoms with E-state index in [2.05, 4.69) is 18.0 Å². The zero-order chi connectivity index (χ0) is 19.4. The van der Waals surface area contributed by atoms with Gasteiger partial charge in [0.05, 0.1) is 6.04 Å². The van der Waals surface area contributed by atoms with Crippen LogP contribution in [0.25, 0.3) is 0 Å². The second-order valence-corrected chi connectivity index (χ2v) is 7.92. The molecule has 0 aromatic carbocycles. The monoisotopic (exact) mass is 376 g/mol. The molecule has 0 spiro atoms. The Kier molecular flexibility index (Phi) is 6.50. The lowest BCUT2D eigenvalue weighted by Gasteiger charge is -2.53. The van der Waals surface area contributed by atoms with Gasteiger partial charge in [0.2, 0.25) is 0 Å². The largest absolute Gasteiger partial charge is 0.364 e. The summed E-state index contributed by atoms with van der Waals surface area (Å²) in [5.41, 5.74) is 2.52. The van der Waals surface area contributed by atoms with E-state index in [0.29, 0.717) is 6.42 Å². The van der Waals surface area contributed by atoms with E-state index in [1.54, 1.807) is 19.1 Å². The van der Waals surface area contributed by atoms with Crippen LogP contribution in [0.3, 0.4) is 0 Å². The molecule has 27 heavy (non-hydrogen) atoms. The van der Waals surface area contributed by atoms with Gasteiger partial charge in [-0.15, -0.1) is 0 Å². The molecule has 2 aliphatic rings. The molecule has 2 fully saturated rings. The average Bonchev–Trinajstić information content (AvgIpc) is 3.49. The second-order valence-electron chi connectivity index (χ2n) is 7.92. The molecule has 6 nitrogen and oxygen atoms in total. The van der Waals surface area contributed by atoms with Crippen LogP contribution in [-0.4, -0.2) is 55.2 Å². The van der Waals surface area contributed by atoms with Gasteiger partial charge in [-0.2, -0.15) is 0 Å². The van der Waals surface area contributed by atoms with Crippen LogP contribution in [0.1, 0.15) is 49.4 Å². The Morgan fingerprint density at radius 1 is 1.30 bits per heavy atom. The first-order chi connectivity index (χ1) is 13.0. The van der Waals surface area contributed by atoms with Crippen molar-refractivity contribution in [3.8, 4) is 0 Å². The Bertz CT molecular complexity index is 662. The molecule has 150 valence electrons. The standard InChI is InChI=1S/C21H32N2O4/c1-15-12-22-19(10-18(15)7-5-6-17-8-9-17)11-21(27-14-26-4)16(2)23(13-25-3)20(21)24/h10,12,16-17H,5-9,11,13-14H2,1-4H3/t16-,21+/m0/s1. The lowest BCUT2D eigenvalue weighted by atomic mass is 9.79. The van der Waals surface area contributed by atoms with Gasteiger partial charge >= 0.3 is 0 Å². The maximum Gasteiger partial charge on any atom is 0.259 e. The van der Waals surface area contributed by atoms with E-state index in [-0.39, 0.29) is 25.5 Å². The van der Waals surface area contributed by atoms with E-state index in [1.807, 2.05) is 13.1 Å². The molecule has 0 bridgehead atoms. The van der Waals surface area contributed by atoms with Crippen molar-refractivity contribution >= 4 is 5.91 Å². The molecule has 6 heteroatoms. The minimum absolute atomic E-state index is 0.0634. The molecule has 1 saturated carbocycles. The number of carbonyl (C=O) groups is 1. The van der Waals surface area contributed by atoms with E-state index in [4.69, 9.17) is 14.2 Å². The molecule has 1 aromatic rings. The van der Waals surface area contributed by atoms with Crippen LogP contribution in [0.5, 0.6) is 0 Å². The number of nitrogens with zero attached hydrogens (tertiary/aromatic N) is 2. The molecular weight excluding hydrogens is 344 g/mol. The molecule has 0 radical (unpaired) electrons. The summed E-state index contributed by atoms with van der Waals surface area (Å²) >= 11 is 0. The minimum atomic E-state index is -0.928. The molecule has 0 unspecified atom stereocenters. The van der Waals surface area contributed by atoms with E-state index >= 15 is 0 Å². The number of pyridine rings is 1. The average molecular weight is 376 g/mol. The highest BCUT2D eigenvalue weighted by atomic mass is 16.7. The highest BCUT2D eigenvalue weighted by Crippen LogP contribution is 2.38. The SMILES string of the molecule is COCO[C@@]1(Cc2cc(CCCC3CC3)c(C)cn2)C(=O)N(COC)[C@H]1C. The van der Waals surface area contributed by atoms with Crippen molar-refractivity contribution in [2.75, 3.05) is 27.7 Å². The van der Waals surface area contributed by atoms with Crippen molar-refractivity contribution in [3.05, 3.63) is 29.1 Å². The third-order valence-corrected chi connectivity index (χ3v) is 5.94. The van der Waals surface area contributed by atoms with Gasteiger partial charge in [-0.3, -0.25) is 9.78 Å². The van der Waals surface area contributed by atoms with Gasteiger partial charge in [-0.1, -0.05) is 19.3 Å². The van der Waals surface area contributed by atoms with Crippen LogP contribution in [0, 0.1) is 12.8 Å². The highest BCUT2D eigenvalue weighted by Gasteiger charge is 2.60. The van der Waals surface area contributed by atoms with Crippen molar-refractivity contribution in [1.29, 1.82) is 0 Å². The van der Waals surface area contributed by atoms with Crippen LogP contribution < -0.4 is 0 Å². The van der Waals surface area contributed by atoms with E-state index in [0.717, 1.165) is 18.0 Å². The van der Waals surface area contributed by atoms with Crippen molar-refractivity contribution < 1.29 is 19.0 Å². The Hall–Kier alpha value is -1.50. The lowest BCUT2D eigenvalue weighted by Crippen LogP contribution is -2.75. The van der Waals surface area contributed by atoms with Crippen molar-refractivity contribution in [2.24, 2.45) is 5.92 Å². The van der Waals surface area contributed by atoms with Gasteiger partial charge in [0.15, 0.2) is 5.60 Å². The summed E-state index contributed by atoms with van der Waals surface area (Å²) in [6.45, 7) is 4.45. The van der Waals surface area contributed by atoms with Crippen LogP contribution in [0.4, 0.5) is 0 Å². The van der Waals surface area contributed by atoms with Crippen molar-refractivity contribution in [1.82, 2.24) is 9.88 Å². The number of likely N-dealkylation sites (tertiary alicyclic amines) is 1. The van der Waals surface area contributed by atoms with Gasteiger partial charge in [-0.25, -0.2) is 0 Å². The molecule has 2 atom stereocenters. The highest BCUT2D eigenvalue weighted by molar-refractivity contribution is 5.93. The minimum Gasteiger partial charge on any atom is -0.364 e. The fourth-order valence-corrected chi connectivity index (χ4v) is 3.95. The molecule has 1 saturated heterocycles. The normalized spacial score (nSPS) is 25.0. The number of hydrogen-bond donors (Lipinski definition) is 0. The second kappa shape index (κ2) is 8.67. The van der Waals surface area contributed by atoms with Gasteiger partial charge in [0, 0.05) is 32.5 Å². The summed E-state index contributed by atoms with van der Waals surface area (Å²) in [4.78, 5) is 19.1. The summed E-state index contributed by atoms with van der Waals surface area (Å²) in [6.07, 6.45) is 8.79. The Morgan fingerprint density at radius 3 is 2.70 bits per heavy atom. The molecule has 0 N–H and O–H groups in total. The zero-order valence-corrected chi connectivity index (χ0v) is 17.0. The van der Waals surface area contributed by atoms with Crippen molar-refractivity contribution in [3.63, 3.8) is 0 Å². The van der Waals surface area contributed by atoms with Gasteiger partial charge in [-0.05, 0) is 49.8 Å². The Labute approximate surface area is 162 Å². The van der Waals surface area contributed by atoms with Crippen molar-refractivity contribution in [2.45, 2.75) is 64.0 Å². The third kappa shape index (κ3) is 4.33. The number of amides is 1. The predicted molar refractivity (Wildman–Crippen MR) is 102 cm³/mol. The lowest BCUT2D eigenvalue weighted by molar-refractivity contribution is -0.230. The number of aromatic nitrogens is 1. The number of carbonyl (C=O) groups excluding carboxylic acids is 1. The summed E-state index contributed by atoms with van der Waals surface area (Å²) < 4.78 is 16.1. The molecule has 1 amide bonds. The molecule has 1 aromatic heterocycles. The summed E-state index contributed by atoms with van der Waals surface area (Å²) in [6, 6.07) is 2.06. The summed E-state index contributed by atoms with van der Waals surface area (Å²) in [5.74, 6) is 0.893. The molecule has 1 aliphatic carbocycles. The van der Waals surface area contributed by atoms with Gasteiger partial charge in [0.25, 0.3) is 5.91 Å². The topological polar surface area (TPSA) is 60.9 Å². The van der Waals surface area contributed by atoms with Crippen LogP contribution >= 0.6 is 0 Å². The first-order valence-electron chi connectivity index (χ1n) is 9.89. The van der Waals surface area contributed by atoms with Gasteiger partial charge < -0.3 is 19.1 Å². The van der Waals surface area contributed by atoms with E-state index < -0.39 is 5.60 Å². The van der Waals surface area contributed by atoms with Crippen LogP contribution in [-0.2, 0) is 31.8 Å². The Morgan fingerprint density at radius 2 is 2.07 bits per heavy atom. The molecule has 2 heterocycles. The number of β-lactam (4-membered cyclic amide) rings is 1. The number of ether oxygens (including phenoxy) is 3. The quantitative estimate of drug-likeness (QED) is 0.439. The fraction of sp³-hybridized carbons (Fsp3) is 0.714. The van der Waals surface area contributed by atoms with Crippen LogP contribution in [0.15, 0.2) is 12.3 Å². The van der Waals surface area contributed by atoms with Crippen LogP contribution in [0.2, 0.25) is 0 Å². The molecule has 1 aliphatic heterocycles. The maximum atomic E-state index is 12.8. The molecule has 3 rings (SSSR count). The number of hydrogen-bond acceptors (Lipinski definition) is 5. The first-order valence-corrected chi connectivity index (χ1v) is 9.89. The predicted octanol–water partition coefficient (Wildman–Crippen LogP) is 2.86. The Balaban J connectivity index is 1.72. The smallest absolute Gasteiger partial charge is 0.259 e. The molecular formula is C21H32N2O4. The number of methoxy groups -OCH3 is 2.